The van der Waals surface area contributed by atoms with Crippen LogP contribution in [0.2, 0.25) is 5.02 Å². The Hall–Kier alpha value is -0.980. The van der Waals surface area contributed by atoms with Crippen molar-refractivity contribution < 1.29 is 0 Å². The summed E-state index contributed by atoms with van der Waals surface area (Å²) in [6, 6.07) is 18.5. The lowest BCUT2D eigenvalue weighted by Gasteiger charge is -2.22. The molecule has 2 aromatic rings. The molecule has 0 N–H and O–H groups in total. The van der Waals surface area contributed by atoms with Gasteiger partial charge in [-0.1, -0.05) is 54.1 Å². The SMILES string of the molecule is Clc1ccc(C(Cl)C2(c3ccccc3)CC2)cc1. The summed E-state index contributed by atoms with van der Waals surface area (Å²) in [5.41, 5.74) is 2.62. The van der Waals surface area contributed by atoms with Crippen LogP contribution in [0.15, 0.2) is 54.6 Å². The quantitative estimate of drug-likeness (QED) is 0.663. The van der Waals surface area contributed by atoms with E-state index in [0.717, 1.165) is 23.4 Å². The van der Waals surface area contributed by atoms with Gasteiger partial charge >= 0.3 is 0 Å². The van der Waals surface area contributed by atoms with Crippen molar-refractivity contribution in [3.8, 4) is 0 Å². The van der Waals surface area contributed by atoms with Crippen LogP contribution in [0.5, 0.6) is 0 Å². The van der Waals surface area contributed by atoms with Gasteiger partial charge in [-0.3, -0.25) is 0 Å². The van der Waals surface area contributed by atoms with E-state index in [1.807, 2.05) is 30.3 Å². The van der Waals surface area contributed by atoms with Crippen molar-refractivity contribution in [3.05, 3.63) is 70.7 Å². The Bertz CT molecular complexity index is 527. The number of alkyl halides is 1. The monoisotopic (exact) mass is 276 g/mol. The summed E-state index contributed by atoms with van der Waals surface area (Å²) >= 11 is 12.6. The molecule has 0 nitrogen and oxygen atoms in total. The zero-order chi connectivity index (χ0) is 12.6. The summed E-state index contributed by atoms with van der Waals surface area (Å²) in [5, 5.41) is 0.782. The molecule has 1 aliphatic rings. The zero-order valence-corrected chi connectivity index (χ0v) is 11.5. The van der Waals surface area contributed by atoms with Crippen molar-refractivity contribution in [2.75, 3.05) is 0 Å². The van der Waals surface area contributed by atoms with Crippen LogP contribution in [0.25, 0.3) is 0 Å². The maximum Gasteiger partial charge on any atom is 0.0681 e. The molecular weight excluding hydrogens is 263 g/mol. The van der Waals surface area contributed by atoms with E-state index < -0.39 is 0 Å². The topological polar surface area (TPSA) is 0 Å². The lowest BCUT2D eigenvalue weighted by molar-refractivity contribution is 0.662. The molecule has 1 unspecified atom stereocenters. The molecule has 1 saturated carbocycles. The number of halogens is 2. The second-order valence-corrected chi connectivity index (χ2v) is 5.81. The molecule has 0 aromatic heterocycles. The van der Waals surface area contributed by atoms with Gasteiger partial charge < -0.3 is 0 Å². The summed E-state index contributed by atoms with van der Waals surface area (Å²) < 4.78 is 0. The summed E-state index contributed by atoms with van der Waals surface area (Å²) in [4.78, 5) is 0. The third-order valence-electron chi connectivity index (χ3n) is 3.79. The molecule has 2 aromatic carbocycles. The van der Waals surface area contributed by atoms with Crippen molar-refractivity contribution in [1.29, 1.82) is 0 Å². The van der Waals surface area contributed by atoms with Gasteiger partial charge in [0.15, 0.2) is 0 Å². The van der Waals surface area contributed by atoms with E-state index in [9.17, 15) is 0 Å². The molecular formula is C16H14Cl2. The van der Waals surface area contributed by atoms with Crippen LogP contribution in [0.1, 0.15) is 29.3 Å². The van der Waals surface area contributed by atoms with Crippen LogP contribution in [0.3, 0.4) is 0 Å². The summed E-state index contributed by atoms with van der Waals surface area (Å²) in [6.45, 7) is 0. The Morgan fingerprint density at radius 2 is 1.50 bits per heavy atom. The van der Waals surface area contributed by atoms with E-state index in [-0.39, 0.29) is 10.8 Å². The predicted octanol–water partition coefficient (Wildman–Crippen LogP) is 5.35. The van der Waals surface area contributed by atoms with Crippen molar-refractivity contribution in [1.82, 2.24) is 0 Å². The van der Waals surface area contributed by atoms with Gasteiger partial charge in [-0.15, -0.1) is 11.6 Å². The van der Waals surface area contributed by atoms with Crippen LogP contribution in [0, 0.1) is 0 Å². The first-order chi connectivity index (χ1) is 8.72. The second kappa shape index (κ2) is 4.60. The van der Waals surface area contributed by atoms with Gasteiger partial charge in [0.1, 0.15) is 0 Å². The zero-order valence-electron chi connectivity index (χ0n) is 9.94. The Kier molecular flexibility index (Phi) is 3.09. The van der Waals surface area contributed by atoms with Crippen LogP contribution in [-0.4, -0.2) is 0 Å². The van der Waals surface area contributed by atoms with Gasteiger partial charge in [0.25, 0.3) is 0 Å². The number of benzene rings is 2. The molecule has 0 saturated heterocycles. The molecule has 3 rings (SSSR count). The van der Waals surface area contributed by atoms with E-state index in [4.69, 9.17) is 23.2 Å². The van der Waals surface area contributed by atoms with Gasteiger partial charge in [0.2, 0.25) is 0 Å². The molecule has 1 atom stereocenters. The first kappa shape index (κ1) is 12.1. The van der Waals surface area contributed by atoms with E-state index in [0.29, 0.717) is 0 Å². The van der Waals surface area contributed by atoms with Gasteiger partial charge in [-0.25, -0.2) is 0 Å². The maximum absolute atomic E-state index is 6.70. The first-order valence-corrected chi connectivity index (χ1v) is 6.99. The van der Waals surface area contributed by atoms with Gasteiger partial charge in [-0.05, 0) is 36.1 Å². The predicted molar refractivity (Wildman–Crippen MR) is 77.4 cm³/mol. The summed E-state index contributed by atoms with van der Waals surface area (Å²) in [6.07, 6.45) is 2.32. The highest BCUT2D eigenvalue weighted by Gasteiger charge is 2.50. The molecule has 2 heteroatoms. The smallest absolute Gasteiger partial charge is 0.0681 e. The van der Waals surface area contributed by atoms with E-state index in [1.165, 1.54) is 5.56 Å². The van der Waals surface area contributed by atoms with Gasteiger partial charge in [-0.2, -0.15) is 0 Å². The molecule has 0 heterocycles. The third kappa shape index (κ3) is 2.04. The molecule has 92 valence electrons. The average Bonchev–Trinajstić information content (AvgIpc) is 3.21. The number of rotatable bonds is 3. The van der Waals surface area contributed by atoms with Gasteiger partial charge in [0.05, 0.1) is 5.38 Å². The molecule has 18 heavy (non-hydrogen) atoms. The fourth-order valence-corrected chi connectivity index (χ4v) is 3.16. The van der Waals surface area contributed by atoms with Crippen LogP contribution < -0.4 is 0 Å². The largest absolute Gasteiger partial charge is 0.117 e. The normalized spacial score (nSPS) is 18.3. The molecule has 1 aliphatic carbocycles. The fourth-order valence-electron chi connectivity index (χ4n) is 2.54. The Morgan fingerprint density at radius 1 is 0.889 bits per heavy atom. The second-order valence-electron chi connectivity index (χ2n) is 4.94. The molecule has 0 radical (unpaired) electrons. The van der Waals surface area contributed by atoms with Crippen LogP contribution in [-0.2, 0) is 5.41 Å². The highest BCUT2D eigenvalue weighted by Crippen LogP contribution is 2.59. The molecule has 0 spiro atoms. The Balaban J connectivity index is 1.93. The highest BCUT2D eigenvalue weighted by molar-refractivity contribution is 6.30. The summed E-state index contributed by atoms with van der Waals surface area (Å²) in [7, 11) is 0. The van der Waals surface area contributed by atoms with Crippen molar-refractivity contribution in [2.45, 2.75) is 23.6 Å². The van der Waals surface area contributed by atoms with Crippen molar-refractivity contribution in [2.24, 2.45) is 0 Å². The van der Waals surface area contributed by atoms with E-state index in [1.54, 1.807) is 0 Å². The molecule has 0 aliphatic heterocycles. The van der Waals surface area contributed by atoms with Crippen molar-refractivity contribution in [3.63, 3.8) is 0 Å². The van der Waals surface area contributed by atoms with Crippen LogP contribution in [0.4, 0.5) is 0 Å². The molecule has 0 bridgehead atoms. The minimum Gasteiger partial charge on any atom is -0.117 e. The number of hydrogen-bond donors (Lipinski definition) is 0. The Labute approximate surface area is 118 Å². The minimum atomic E-state index is 0.0252. The van der Waals surface area contributed by atoms with Gasteiger partial charge in [0, 0.05) is 10.4 Å². The molecule has 0 amide bonds. The Morgan fingerprint density at radius 3 is 2.06 bits per heavy atom. The highest BCUT2D eigenvalue weighted by atomic mass is 35.5. The van der Waals surface area contributed by atoms with Crippen molar-refractivity contribution >= 4 is 23.2 Å². The number of hydrogen-bond acceptors (Lipinski definition) is 0. The van der Waals surface area contributed by atoms with E-state index in [2.05, 4.69) is 24.3 Å². The lowest BCUT2D eigenvalue weighted by Crippen LogP contribution is -2.13. The lowest BCUT2D eigenvalue weighted by atomic mass is 9.88. The van der Waals surface area contributed by atoms with Crippen LogP contribution >= 0.6 is 23.2 Å². The first-order valence-electron chi connectivity index (χ1n) is 6.17. The summed E-state index contributed by atoms with van der Waals surface area (Å²) in [5.74, 6) is 0. The maximum atomic E-state index is 6.70. The fraction of sp³-hybridized carbons (Fsp3) is 0.250. The molecule has 1 fully saturated rings. The van der Waals surface area contributed by atoms with E-state index >= 15 is 0 Å². The average molecular weight is 277 g/mol. The third-order valence-corrected chi connectivity index (χ3v) is 4.71. The standard InChI is InChI=1S/C16H14Cl2/c17-14-8-6-12(7-9-14)15(18)16(10-11-16)13-4-2-1-3-5-13/h1-9,15H,10-11H2. The minimum absolute atomic E-state index is 0.0252.